The Morgan fingerprint density at radius 1 is 1.28 bits per heavy atom. The zero-order chi connectivity index (χ0) is 28.7. The number of hydrogen-bond donors (Lipinski definition) is 5. The molecule has 0 bridgehead atoms. The van der Waals surface area contributed by atoms with E-state index in [4.69, 9.17) is 23.2 Å². The van der Waals surface area contributed by atoms with Gasteiger partial charge in [-0.25, -0.2) is 4.39 Å². The van der Waals surface area contributed by atoms with E-state index in [9.17, 15) is 24.2 Å². The molecule has 2 fully saturated rings. The molecular formula is C29H36Cl2FN3O4. The molecule has 0 aromatic heterocycles. The minimum atomic E-state index is -1.20. The first kappa shape index (κ1) is 29.7. The molecule has 212 valence electrons. The molecule has 1 aliphatic carbocycles. The molecule has 1 spiro atoms. The molecule has 1 unspecified atom stereocenters. The molecular weight excluding hydrogens is 544 g/mol. The third-order valence-electron chi connectivity index (χ3n) is 7.86. The summed E-state index contributed by atoms with van der Waals surface area (Å²) in [5.41, 5.74) is 0.391. The molecule has 2 amide bonds. The fourth-order valence-electron chi connectivity index (χ4n) is 6.30. The van der Waals surface area contributed by atoms with E-state index in [1.165, 1.54) is 6.08 Å². The van der Waals surface area contributed by atoms with Crippen molar-refractivity contribution >= 4 is 40.7 Å². The van der Waals surface area contributed by atoms with E-state index in [1.807, 2.05) is 6.07 Å². The van der Waals surface area contributed by atoms with Crippen molar-refractivity contribution in [2.24, 2.45) is 11.3 Å². The summed E-state index contributed by atoms with van der Waals surface area (Å²) < 4.78 is 12.9. The van der Waals surface area contributed by atoms with E-state index in [2.05, 4.69) is 43.3 Å². The molecule has 3 aliphatic rings. The van der Waals surface area contributed by atoms with Gasteiger partial charge >= 0.3 is 0 Å². The van der Waals surface area contributed by atoms with Crippen molar-refractivity contribution in [3.05, 3.63) is 64.2 Å². The highest BCUT2D eigenvalue weighted by molar-refractivity contribution is 6.31. The number of allylic oxidation sites excluding steroid dienone is 4. The zero-order valence-corrected chi connectivity index (χ0v) is 23.8. The van der Waals surface area contributed by atoms with Crippen molar-refractivity contribution < 1.29 is 24.2 Å². The van der Waals surface area contributed by atoms with Gasteiger partial charge in [0.05, 0.1) is 18.2 Å². The number of halogens is 3. The summed E-state index contributed by atoms with van der Waals surface area (Å²) in [6, 6.07) is 3.52. The first-order valence-corrected chi connectivity index (χ1v) is 13.8. The average Bonchev–Trinajstić information content (AvgIpc) is 3.44. The quantitative estimate of drug-likeness (QED) is 0.312. The Kier molecular flexibility index (Phi) is 8.64. The van der Waals surface area contributed by atoms with Crippen LogP contribution in [0.2, 0.25) is 5.02 Å². The molecule has 1 saturated heterocycles. The number of benzene rings is 1. The predicted molar refractivity (Wildman–Crippen MR) is 151 cm³/mol. The van der Waals surface area contributed by atoms with Crippen LogP contribution in [0.25, 0.3) is 0 Å². The van der Waals surface area contributed by atoms with Crippen LogP contribution in [0, 0.1) is 11.3 Å². The second kappa shape index (κ2) is 11.3. The van der Waals surface area contributed by atoms with Crippen LogP contribution in [0.4, 0.5) is 10.1 Å². The van der Waals surface area contributed by atoms with Crippen LogP contribution >= 0.6 is 23.2 Å². The number of rotatable bonds is 7. The molecule has 0 radical (unpaired) electrons. The number of hydrogen-bond acceptors (Lipinski definition) is 5. The lowest BCUT2D eigenvalue weighted by molar-refractivity contribution is -0.125. The summed E-state index contributed by atoms with van der Waals surface area (Å²) in [6.07, 6.45) is 3.82. The summed E-state index contributed by atoms with van der Waals surface area (Å²) in [7, 11) is 0. The molecule has 2 heterocycles. The molecule has 39 heavy (non-hydrogen) atoms. The Hall–Kier alpha value is -2.23. The number of fused-ring (bicyclic) bond motifs is 2. The Morgan fingerprint density at radius 2 is 1.95 bits per heavy atom. The van der Waals surface area contributed by atoms with Crippen molar-refractivity contribution in [3.8, 4) is 0 Å². The summed E-state index contributed by atoms with van der Waals surface area (Å²) in [5, 5.41) is 29.9. The normalized spacial score (nSPS) is 32.6. The highest BCUT2D eigenvalue weighted by Crippen LogP contribution is 2.55. The first-order valence-electron chi connectivity index (χ1n) is 13.1. The number of carbonyl (C=O) groups excluding carboxylic acids is 2. The molecule has 1 aromatic carbocycles. The smallest absolute Gasteiger partial charge is 0.238 e. The van der Waals surface area contributed by atoms with Gasteiger partial charge in [-0.2, -0.15) is 0 Å². The lowest BCUT2D eigenvalue weighted by atomic mass is 9.62. The minimum absolute atomic E-state index is 0.00941. The van der Waals surface area contributed by atoms with E-state index in [0.29, 0.717) is 22.7 Å². The highest BCUT2D eigenvalue weighted by atomic mass is 35.5. The van der Waals surface area contributed by atoms with Crippen molar-refractivity contribution in [1.29, 1.82) is 0 Å². The number of aliphatic hydroxyl groups is 2. The average molecular weight is 581 g/mol. The Labute approximate surface area is 238 Å². The van der Waals surface area contributed by atoms with Crippen LogP contribution in [0.3, 0.4) is 0 Å². The monoisotopic (exact) mass is 579 g/mol. The molecule has 1 saturated carbocycles. The van der Waals surface area contributed by atoms with Gasteiger partial charge in [0.15, 0.2) is 0 Å². The maximum Gasteiger partial charge on any atom is 0.238 e. The van der Waals surface area contributed by atoms with Crippen molar-refractivity contribution in [1.82, 2.24) is 10.6 Å². The number of carbonyl (C=O) groups is 2. The number of anilines is 1. The Morgan fingerprint density at radius 3 is 2.56 bits per heavy atom. The van der Waals surface area contributed by atoms with E-state index in [0.717, 1.165) is 5.56 Å². The Bertz CT molecular complexity index is 1200. The summed E-state index contributed by atoms with van der Waals surface area (Å²) in [5.74, 6) is -1.35. The summed E-state index contributed by atoms with van der Waals surface area (Å²) in [4.78, 5) is 27.9. The van der Waals surface area contributed by atoms with Gasteiger partial charge in [0.2, 0.25) is 11.8 Å². The molecule has 2 aliphatic heterocycles. The van der Waals surface area contributed by atoms with Gasteiger partial charge in [-0.15, -0.1) is 0 Å². The third kappa shape index (κ3) is 5.81. The van der Waals surface area contributed by atoms with E-state index >= 15 is 0 Å². The summed E-state index contributed by atoms with van der Waals surface area (Å²) >= 11 is 12.1. The topological polar surface area (TPSA) is 111 Å². The van der Waals surface area contributed by atoms with E-state index < -0.39 is 48.3 Å². The van der Waals surface area contributed by atoms with Gasteiger partial charge < -0.3 is 26.2 Å². The van der Waals surface area contributed by atoms with Crippen LogP contribution in [0.1, 0.15) is 45.6 Å². The first-order chi connectivity index (χ1) is 18.3. The SMILES string of the molecule is C=C(/C=C\C=C(\Cl)CF)[C@H]1[C@H](C(=O)NC2C[C@@H](O)[C@@H](O)C2)N[C@H](CC(C)(C)C)[C@]12C(=O)Nc1cc(Cl)ccc12. The Balaban J connectivity index is 1.82. The second-order valence-corrected chi connectivity index (χ2v) is 12.9. The van der Waals surface area contributed by atoms with Crippen LogP contribution in [0.5, 0.6) is 0 Å². The lowest BCUT2D eigenvalue weighted by Gasteiger charge is -2.37. The van der Waals surface area contributed by atoms with E-state index in [1.54, 1.807) is 24.3 Å². The van der Waals surface area contributed by atoms with Gasteiger partial charge in [0.25, 0.3) is 0 Å². The highest BCUT2D eigenvalue weighted by Gasteiger charge is 2.65. The van der Waals surface area contributed by atoms with E-state index in [-0.39, 0.29) is 35.1 Å². The standard InChI is InChI=1S/C29H36Cl2FN3O4/c1-15(6-5-7-17(31)14-32)24-25(26(38)33-18-11-21(36)22(37)12-18)35-23(13-28(2,3)4)29(24)19-9-8-16(30)10-20(19)34-27(29)39/h5-10,18,21-25,35-37H,1,11-14H2,2-4H3,(H,33,38)(H,34,39)/b6-5-,17-7+/t18?,21-,22+,23-,24+,25-,29+/m1/s1. The van der Waals surface area contributed by atoms with Crippen molar-refractivity contribution in [3.63, 3.8) is 0 Å². The molecule has 1 aromatic rings. The second-order valence-electron chi connectivity index (χ2n) is 11.9. The molecule has 4 rings (SSSR count). The maximum absolute atomic E-state index is 14.1. The number of alkyl halides is 1. The maximum atomic E-state index is 14.1. The van der Waals surface area contributed by atoms with Gasteiger partial charge in [-0.3, -0.25) is 9.59 Å². The molecule has 7 atom stereocenters. The predicted octanol–water partition coefficient (Wildman–Crippen LogP) is 4.13. The van der Waals surface area contributed by atoms with Crippen LogP contribution in [-0.2, 0) is 15.0 Å². The fourth-order valence-corrected chi connectivity index (χ4v) is 6.54. The lowest BCUT2D eigenvalue weighted by Crippen LogP contribution is -2.51. The van der Waals surface area contributed by atoms with Crippen LogP contribution in [-0.4, -0.2) is 59.0 Å². The minimum Gasteiger partial charge on any atom is -0.390 e. The summed E-state index contributed by atoms with van der Waals surface area (Å²) in [6.45, 7) is 9.65. The largest absolute Gasteiger partial charge is 0.390 e. The molecule has 7 nitrogen and oxygen atoms in total. The number of amides is 2. The number of nitrogens with one attached hydrogen (secondary N) is 3. The van der Waals surface area contributed by atoms with Gasteiger partial charge in [-0.05, 0) is 54.0 Å². The molecule has 5 N–H and O–H groups in total. The van der Waals surface area contributed by atoms with Crippen molar-refractivity contribution in [2.75, 3.05) is 12.0 Å². The van der Waals surface area contributed by atoms with Gasteiger partial charge in [-0.1, -0.05) is 68.8 Å². The van der Waals surface area contributed by atoms with Gasteiger partial charge in [0, 0.05) is 33.7 Å². The van der Waals surface area contributed by atoms with Crippen LogP contribution < -0.4 is 16.0 Å². The third-order valence-corrected chi connectivity index (χ3v) is 8.32. The molecule has 10 heteroatoms. The van der Waals surface area contributed by atoms with Crippen LogP contribution in [0.15, 0.2) is 53.6 Å². The van der Waals surface area contributed by atoms with Crippen molar-refractivity contribution in [2.45, 2.75) is 75.8 Å². The van der Waals surface area contributed by atoms with Gasteiger partial charge in [0.1, 0.15) is 12.1 Å². The zero-order valence-electron chi connectivity index (χ0n) is 22.3. The fraction of sp³-hybridized carbons (Fsp3) is 0.517. The number of aliphatic hydroxyl groups excluding tert-OH is 2.